The molecule has 0 saturated carbocycles. The highest BCUT2D eigenvalue weighted by Gasteiger charge is 2.21. The number of sulfonamides is 1. The molecule has 134 valence electrons. The summed E-state index contributed by atoms with van der Waals surface area (Å²) < 4.78 is 26.2. The molecule has 2 aromatic rings. The second-order valence-corrected chi connectivity index (χ2v) is 7.95. The number of rotatable bonds is 6. The van der Waals surface area contributed by atoms with Crippen LogP contribution in [0.4, 0.5) is 5.69 Å². The van der Waals surface area contributed by atoms with Gasteiger partial charge in [-0.2, -0.15) is 4.31 Å². The molecule has 0 aliphatic rings. The highest BCUT2D eigenvalue weighted by Crippen LogP contribution is 2.30. The standard InChI is InChI=1S/C17H18Cl2N2O3S/c1-3-21(4-2)25(23,24)15-7-5-14(6-8-15)20-11-12-9-13(18)10-16(19)17(12)22/h5-11,22H,3-4H2,1-2H3. The highest BCUT2D eigenvalue weighted by molar-refractivity contribution is 7.89. The maximum Gasteiger partial charge on any atom is 0.243 e. The van der Waals surface area contributed by atoms with Gasteiger partial charge < -0.3 is 5.11 Å². The van der Waals surface area contributed by atoms with E-state index in [0.717, 1.165) is 0 Å². The van der Waals surface area contributed by atoms with Gasteiger partial charge in [-0.15, -0.1) is 0 Å². The number of aliphatic imine (C=N–C) groups is 1. The van der Waals surface area contributed by atoms with Gasteiger partial charge in [0.1, 0.15) is 5.75 Å². The second-order valence-electron chi connectivity index (χ2n) is 5.17. The van der Waals surface area contributed by atoms with Gasteiger partial charge in [0, 0.05) is 29.9 Å². The quantitative estimate of drug-likeness (QED) is 0.726. The lowest BCUT2D eigenvalue weighted by atomic mass is 10.2. The van der Waals surface area contributed by atoms with Crippen molar-refractivity contribution in [2.45, 2.75) is 18.7 Å². The Hall–Kier alpha value is -1.60. The normalized spacial score (nSPS) is 12.2. The molecule has 0 aliphatic carbocycles. The third-order valence-electron chi connectivity index (χ3n) is 3.59. The van der Waals surface area contributed by atoms with Crippen molar-refractivity contribution in [3.8, 4) is 5.75 Å². The molecule has 0 bridgehead atoms. The SMILES string of the molecule is CCN(CC)S(=O)(=O)c1ccc(N=Cc2cc(Cl)cc(Cl)c2O)cc1. The number of aromatic hydroxyl groups is 1. The zero-order valence-corrected chi connectivity index (χ0v) is 16.1. The van der Waals surface area contributed by atoms with Crippen LogP contribution in [0.2, 0.25) is 10.0 Å². The van der Waals surface area contributed by atoms with Crippen molar-refractivity contribution in [3.05, 3.63) is 52.0 Å². The first-order chi connectivity index (χ1) is 11.8. The molecule has 0 amide bonds. The first-order valence-corrected chi connectivity index (χ1v) is 9.81. The van der Waals surface area contributed by atoms with Crippen LogP contribution in [0.15, 0.2) is 46.3 Å². The Morgan fingerprint density at radius 3 is 2.28 bits per heavy atom. The number of phenols is 1. The predicted molar refractivity (Wildman–Crippen MR) is 102 cm³/mol. The van der Waals surface area contributed by atoms with Crippen LogP contribution in [0.5, 0.6) is 5.75 Å². The molecule has 8 heteroatoms. The van der Waals surface area contributed by atoms with Crippen molar-refractivity contribution in [1.82, 2.24) is 4.31 Å². The molecular formula is C17H18Cl2N2O3S. The van der Waals surface area contributed by atoms with Gasteiger partial charge >= 0.3 is 0 Å². The third kappa shape index (κ3) is 4.52. The number of halogens is 2. The molecule has 0 heterocycles. The molecule has 1 N–H and O–H groups in total. The van der Waals surface area contributed by atoms with E-state index in [1.807, 2.05) is 0 Å². The summed E-state index contributed by atoms with van der Waals surface area (Å²) in [6.07, 6.45) is 1.42. The molecule has 0 spiro atoms. The Morgan fingerprint density at radius 1 is 1.12 bits per heavy atom. The minimum absolute atomic E-state index is 0.115. The lowest BCUT2D eigenvalue weighted by molar-refractivity contribution is 0.445. The molecule has 0 aromatic heterocycles. The molecular weight excluding hydrogens is 383 g/mol. The highest BCUT2D eigenvalue weighted by atomic mass is 35.5. The summed E-state index contributed by atoms with van der Waals surface area (Å²) in [7, 11) is -3.50. The average Bonchev–Trinajstić information content (AvgIpc) is 2.58. The molecule has 2 aromatic carbocycles. The van der Waals surface area contributed by atoms with Gasteiger partial charge in [0.05, 0.1) is 15.6 Å². The molecule has 5 nitrogen and oxygen atoms in total. The second kappa shape index (κ2) is 8.19. The molecule has 0 saturated heterocycles. The number of nitrogens with zero attached hydrogens (tertiary/aromatic N) is 2. The van der Waals surface area contributed by atoms with Crippen LogP contribution < -0.4 is 0 Å². The molecule has 0 radical (unpaired) electrons. The number of benzene rings is 2. The first kappa shape index (κ1) is 19.7. The average molecular weight is 401 g/mol. The number of hydrogen-bond donors (Lipinski definition) is 1. The van der Waals surface area contributed by atoms with Gasteiger partial charge in [-0.05, 0) is 36.4 Å². The fraction of sp³-hybridized carbons (Fsp3) is 0.235. The Morgan fingerprint density at radius 2 is 1.72 bits per heavy atom. The minimum atomic E-state index is -3.50. The van der Waals surface area contributed by atoms with E-state index in [1.54, 1.807) is 26.0 Å². The van der Waals surface area contributed by atoms with E-state index in [4.69, 9.17) is 23.2 Å². The van der Waals surface area contributed by atoms with Crippen LogP contribution in [0, 0.1) is 0 Å². The van der Waals surface area contributed by atoms with Crippen molar-refractivity contribution >= 4 is 45.1 Å². The van der Waals surface area contributed by atoms with Crippen molar-refractivity contribution in [1.29, 1.82) is 0 Å². The molecule has 0 unspecified atom stereocenters. The summed E-state index contributed by atoms with van der Waals surface area (Å²) in [5, 5.41) is 10.4. The monoisotopic (exact) mass is 400 g/mol. The van der Waals surface area contributed by atoms with E-state index >= 15 is 0 Å². The molecule has 25 heavy (non-hydrogen) atoms. The van der Waals surface area contributed by atoms with E-state index in [-0.39, 0.29) is 15.7 Å². The van der Waals surface area contributed by atoms with Gasteiger partial charge in [0.25, 0.3) is 0 Å². The number of hydrogen-bond acceptors (Lipinski definition) is 4. The maximum atomic E-state index is 12.4. The summed E-state index contributed by atoms with van der Waals surface area (Å²) in [5.74, 6) is -0.115. The molecule has 2 rings (SSSR count). The summed E-state index contributed by atoms with van der Waals surface area (Å²) in [6, 6.07) is 9.16. The van der Waals surface area contributed by atoms with E-state index in [0.29, 0.717) is 29.4 Å². The van der Waals surface area contributed by atoms with Crippen LogP contribution in [-0.4, -0.2) is 37.1 Å². The van der Waals surface area contributed by atoms with Gasteiger partial charge in [-0.3, -0.25) is 4.99 Å². The van der Waals surface area contributed by atoms with E-state index in [2.05, 4.69) is 4.99 Å². The van der Waals surface area contributed by atoms with E-state index < -0.39 is 10.0 Å². The van der Waals surface area contributed by atoms with Crippen molar-refractivity contribution in [2.24, 2.45) is 4.99 Å². The molecule has 0 aliphatic heterocycles. The maximum absolute atomic E-state index is 12.4. The zero-order chi connectivity index (χ0) is 18.6. The fourth-order valence-corrected chi connectivity index (χ4v) is 4.21. The van der Waals surface area contributed by atoms with Gasteiger partial charge in [-0.25, -0.2) is 8.42 Å². The van der Waals surface area contributed by atoms with Crippen LogP contribution in [0.1, 0.15) is 19.4 Å². The van der Waals surface area contributed by atoms with Crippen LogP contribution >= 0.6 is 23.2 Å². The Balaban J connectivity index is 2.27. The lowest BCUT2D eigenvalue weighted by Gasteiger charge is -2.18. The van der Waals surface area contributed by atoms with Crippen LogP contribution in [-0.2, 0) is 10.0 Å². The summed E-state index contributed by atoms with van der Waals surface area (Å²) in [5.41, 5.74) is 0.909. The summed E-state index contributed by atoms with van der Waals surface area (Å²) in [4.78, 5) is 4.43. The van der Waals surface area contributed by atoms with Crippen molar-refractivity contribution in [3.63, 3.8) is 0 Å². The zero-order valence-electron chi connectivity index (χ0n) is 13.8. The van der Waals surface area contributed by atoms with Crippen LogP contribution in [0.3, 0.4) is 0 Å². The number of phenolic OH excluding ortho intramolecular Hbond substituents is 1. The Labute approximate surface area is 157 Å². The molecule has 0 atom stereocenters. The first-order valence-electron chi connectivity index (χ1n) is 7.61. The van der Waals surface area contributed by atoms with Crippen LogP contribution in [0.25, 0.3) is 0 Å². The van der Waals surface area contributed by atoms with Crippen molar-refractivity contribution < 1.29 is 13.5 Å². The minimum Gasteiger partial charge on any atom is -0.506 e. The predicted octanol–water partition coefficient (Wildman–Crippen LogP) is 4.48. The topological polar surface area (TPSA) is 70.0 Å². The molecule has 0 fully saturated rings. The van der Waals surface area contributed by atoms with Crippen molar-refractivity contribution in [2.75, 3.05) is 13.1 Å². The summed E-state index contributed by atoms with van der Waals surface area (Å²) >= 11 is 11.8. The summed E-state index contributed by atoms with van der Waals surface area (Å²) in [6.45, 7) is 4.41. The van der Waals surface area contributed by atoms with E-state index in [1.165, 1.54) is 34.8 Å². The fourth-order valence-electron chi connectivity index (χ4n) is 2.25. The third-order valence-corrected chi connectivity index (χ3v) is 6.16. The van der Waals surface area contributed by atoms with E-state index in [9.17, 15) is 13.5 Å². The lowest BCUT2D eigenvalue weighted by Crippen LogP contribution is -2.30. The Kier molecular flexibility index (Phi) is 6.46. The largest absolute Gasteiger partial charge is 0.506 e. The Bertz CT molecular complexity index is 878. The van der Waals surface area contributed by atoms with Gasteiger partial charge in [0.15, 0.2) is 0 Å². The van der Waals surface area contributed by atoms with Gasteiger partial charge in [0.2, 0.25) is 10.0 Å². The van der Waals surface area contributed by atoms with Gasteiger partial charge in [-0.1, -0.05) is 37.0 Å². The smallest absolute Gasteiger partial charge is 0.243 e.